The van der Waals surface area contributed by atoms with Crippen LogP contribution in [0.3, 0.4) is 0 Å². The fourth-order valence-electron chi connectivity index (χ4n) is 2.79. The number of carbonyl (C=O) groups excluding carboxylic acids is 2. The van der Waals surface area contributed by atoms with E-state index in [4.69, 9.17) is 4.74 Å². The lowest BCUT2D eigenvalue weighted by Gasteiger charge is -2.19. The lowest BCUT2D eigenvalue weighted by atomic mass is 10.1. The third-order valence-corrected chi connectivity index (χ3v) is 4.01. The van der Waals surface area contributed by atoms with E-state index < -0.39 is 0 Å². The summed E-state index contributed by atoms with van der Waals surface area (Å²) >= 11 is 0. The van der Waals surface area contributed by atoms with Gasteiger partial charge in [-0.05, 0) is 69.2 Å². The Labute approximate surface area is 155 Å². The van der Waals surface area contributed by atoms with E-state index in [2.05, 4.69) is 5.32 Å². The number of carbonyl (C=O) groups is 2. The van der Waals surface area contributed by atoms with Crippen LogP contribution in [-0.2, 0) is 4.79 Å². The minimum absolute atomic E-state index is 0.0439. The van der Waals surface area contributed by atoms with Gasteiger partial charge in [-0.15, -0.1) is 0 Å². The number of anilines is 1. The van der Waals surface area contributed by atoms with Gasteiger partial charge >= 0.3 is 0 Å². The fraction of sp³-hybridized carbons (Fsp3) is 0.333. The second kappa shape index (κ2) is 9.04. The fourth-order valence-corrected chi connectivity index (χ4v) is 2.79. The van der Waals surface area contributed by atoms with Crippen molar-refractivity contribution >= 4 is 17.5 Å². The number of nitrogens with zero attached hydrogens (tertiary/aromatic N) is 1. The molecular weight excluding hydrogens is 328 g/mol. The summed E-state index contributed by atoms with van der Waals surface area (Å²) in [5, 5.41) is 2.78. The summed E-state index contributed by atoms with van der Waals surface area (Å²) in [5.41, 5.74) is 3.31. The molecule has 0 aliphatic rings. The van der Waals surface area contributed by atoms with Crippen molar-refractivity contribution in [2.45, 2.75) is 27.7 Å². The van der Waals surface area contributed by atoms with E-state index >= 15 is 0 Å². The molecule has 1 N–H and O–H groups in total. The largest absolute Gasteiger partial charge is 0.484 e. The Balaban J connectivity index is 1.98. The van der Waals surface area contributed by atoms with Gasteiger partial charge in [0.15, 0.2) is 6.61 Å². The van der Waals surface area contributed by atoms with Gasteiger partial charge in [0.25, 0.3) is 11.8 Å². The summed E-state index contributed by atoms with van der Waals surface area (Å²) in [5.74, 6) is 0.359. The summed E-state index contributed by atoms with van der Waals surface area (Å²) in [6, 6.07) is 12.8. The van der Waals surface area contributed by atoms with Crippen molar-refractivity contribution in [3.05, 3.63) is 59.2 Å². The highest BCUT2D eigenvalue weighted by molar-refractivity contribution is 5.97. The summed E-state index contributed by atoms with van der Waals surface area (Å²) in [6.07, 6.45) is 0. The minimum atomic E-state index is -0.267. The van der Waals surface area contributed by atoms with Gasteiger partial charge in [0.05, 0.1) is 0 Å². The van der Waals surface area contributed by atoms with E-state index in [1.54, 1.807) is 29.2 Å². The molecule has 0 atom stereocenters. The first-order chi connectivity index (χ1) is 12.4. The van der Waals surface area contributed by atoms with E-state index in [0.29, 0.717) is 30.1 Å². The summed E-state index contributed by atoms with van der Waals surface area (Å²) < 4.78 is 5.57. The Morgan fingerprint density at radius 2 is 1.65 bits per heavy atom. The zero-order valence-corrected chi connectivity index (χ0v) is 15.8. The van der Waals surface area contributed by atoms with Gasteiger partial charge < -0.3 is 15.0 Å². The number of rotatable bonds is 7. The van der Waals surface area contributed by atoms with Crippen LogP contribution in [0.25, 0.3) is 0 Å². The van der Waals surface area contributed by atoms with Gasteiger partial charge in [0.2, 0.25) is 0 Å². The van der Waals surface area contributed by atoms with Crippen molar-refractivity contribution in [1.82, 2.24) is 4.90 Å². The Kier molecular flexibility index (Phi) is 6.78. The molecule has 0 radical (unpaired) electrons. The molecule has 0 saturated heterocycles. The van der Waals surface area contributed by atoms with Crippen LogP contribution < -0.4 is 10.1 Å². The molecule has 0 aromatic heterocycles. The first-order valence-corrected chi connectivity index (χ1v) is 8.83. The van der Waals surface area contributed by atoms with Crippen LogP contribution in [0.2, 0.25) is 0 Å². The average Bonchev–Trinajstić information content (AvgIpc) is 2.60. The van der Waals surface area contributed by atoms with Crippen LogP contribution in [-0.4, -0.2) is 36.4 Å². The molecule has 2 aromatic carbocycles. The van der Waals surface area contributed by atoms with Crippen LogP contribution >= 0.6 is 0 Å². The van der Waals surface area contributed by atoms with Crippen molar-refractivity contribution in [2.24, 2.45) is 0 Å². The Morgan fingerprint density at radius 3 is 2.27 bits per heavy atom. The van der Waals surface area contributed by atoms with Gasteiger partial charge in [0.1, 0.15) is 5.75 Å². The van der Waals surface area contributed by atoms with Crippen LogP contribution in [0.1, 0.15) is 35.3 Å². The van der Waals surface area contributed by atoms with E-state index in [-0.39, 0.29) is 18.4 Å². The lowest BCUT2D eigenvalue weighted by molar-refractivity contribution is -0.118. The third-order valence-electron chi connectivity index (χ3n) is 4.01. The highest BCUT2D eigenvalue weighted by atomic mass is 16.5. The quantitative estimate of drug-likeness (QED) is 0.823. The van der Waals surface area contributed by atoms with Gasteiger partial charge in [-0.2, -0.15) is 0 Å². The number of ether oxygens (including phenoxy) is 1. The van der Waals surface area contributed by atoms with Gasteiger partial charge in [-0.25, -0.2) is 0 Å². The Hall–Kier alpha value is -2.82. The van der Waals surface area contributed by atoms with Gasteiger partial charge in [-0.3, -0.25) is 9.59 Å². The average molecular weight is 354 g/mol. The SMILES string of the molecule is CCN(CC)C(=O)c1cccc(NC(=O)COc2cc(C)cc(C)c2)c1. The molecule has 0 heterocycles. The van der Waals surface area contributed by atoms with E-state index in [0.717, 1.165) is 11.1 Å². The van der Waals surface area contributed by atoms with E-state index in [1.807, 2.05) is 45.9 Å². The highest BCUT2D eigenvalue weighted by Gasteiger charge is 2.13. The molecule has 138 valence electrons. The first-order valence-electron chi connectivity index (χ1n) is 8.83. The Bertz CT molecular complexity index is 762. The molecule has 0 bridgehead atoms. The second-order valence-electron chi connectivity index (χ2n) is 6.22. The molecule has 0 spiro atoms. The smallest absolute Gasteiger partial charge is 0.262 e. The third kappa shape index (κ3) is 5.34. The van der Waals surface area contributed by atoms with Crippen LogP contribution in [0.15, 0.2) is 42.5 Å². The van der Waals surface area contributed by atoms with Crippen LogP contribution in [0, 0.1) is 13.8 Å². The Morgan fingerprint density at radius 1 is 1.00 bits per heavy atom. The maximum absolute atomic E-state index is 12.4. The topological polar surface area (TPSA) is 58.6 Å². The van der Waals surface area contributed by atoms with Crippen molar-refractivity contribution in [3.63, 3.8) is 0 Å². The normalized spacial score (nSPS) is 10.3. The molecule has 0 aliphatic carbocycles. The van der Waals surface area contributed by atoms with Crippen molar-refractivity contribution in [1.29, 1.82) is 0 Å². The molecule has 26 heavy (non-hydrogen) atoms. The molecular formula is C21H26N2O3. The predicted octanol–water partition coefficient (Wildman–Crippen LogP) is 3.80. The highest BCUT2D eigenvalue weighted by Crippen LogP contribution is 2.17. The minimum Gasteiger partial charge on any atom is -0.484 e. The molecule has 0 unspecified atom stereocenters. The molecule has 2 aromatic rings. The maximum atomic E-state index is 12.4. The van der Waals surface area contributed by atoms with Crippen LogP contribution in [0.5, 0.6) is 5.75 Å². The van der Waals surface area contributed by atoms with Crippen molar-refractivity contribution in [2.75, 3.05) is 25.0 Å². The number of benzene rings is 2. The number of amides is 2. The van der Waals surface area contributed by atoms with Gasteiger partial charge in [0, 0.05) is 24.3 Å². The monoisotopic (exact) mass is 354 g/mol. The van der Waals surface area contributed by atoms with Crippen molar-refractivity contribution in [3.8, 4) is 5.75 Å². The number of nitrogens with one attached hydrogen (secondary N) is 1. The number of hydrogen-bond donors (Lipinski definition) is 1. The first kappa shape index (κ1) is 19.5. The van der Waals surface area contributed by atoms with E-state index in [9.17, 15) is 9.59 Å². The van der Waals surface area contributed by atoms with Gasteiger partial charge in [-0.1, -0.05) is 12.1 Å². The van der Waals surface area contributed by atoms with E-state index in [1.165, 1.54) is 0 Å². The summed E-state index contributed by atoms with van der Waals surface area (Å²) in [4.78, 5) is 26.3. The molecule has 5 nitrogen and oxygen atoms in total. The number of hydrogen-bond acceptors (Lipinski definition) is 3. The summed E-state index contributed by atoms with van der Waals surface area (Å²) in [6.45, 7) is 9.06. The zero-order chi connectivity index (χ0) is 19.1. The predicted molar refractivity (Wildman–Crippen MR) is 104 cm³/mol. The molecule has 2 rings (SSSR count). The number of aryl methyl sites for hydroxylation is 2. The lowest BCUT2D eigenvalue weighted by Crippen LogP contribution is -2.30. The van der Waals surface area contributed by atoms with Crippen molar-refractivity contribution < 1.29 is 14.3 Å². The molecule has 5 heteroatoms. The molecule has 0 fully saturated rings. The second-order valence-corrected chi connectivity index (χ2v) is 6.22. The maximum Gasteiger partial charge on any atom is 0.262 e. The molecule has 0 saturated carbocycles. The zero-order valence-electron chi connectivity index (χ0n) is 15.8. The molecule has 0 aliphatic heterocycles. The standard InChI is InChI=1S/C21H26N2O3/c1-5-23(6-2)21(25)17-8-7-9-18(13-17)22-20(24)14-26-19-11-15(3)10-16(4)12-19/h7-13H,5-6,14H2,1-4H3,(H,22,24). The van der Waals surface area contributed by atoms with Crippen LogP contribution in [0.4, 0.5) is 5.69 Å². The summed E-state index contributed by atoms with van der Waals surface area (Å²) in [7, 11) is 0. The molecule has 2 amide bonds.